The van der Waals surface area contributed by atoms with Gasteiger partial charge in [-0.3, -0.25) is 19.4 Å². The second kappa shape index (κ2) is 8.88. The fourth-order valence-electron chi connectivity index (χ4n) is 4.24. The molecule has 8 nitrogen and oxygen atoms in total. The first-order valence-corrected chi connectivity index (χ1v) is 11.1. The lowest BCUT2D eigenvalue weighted by atomic mass is 9.92. The predicted octanol–water partition coefficient (Wildman–Crippen LogP) is 3.91. The van der Waals surface area contributed by atoms with Crippen LogP contribution in [0.2, 0.25) is 10.0 Å². The number of carbonyl (C=O) groups excluding carboxylic acids is 2. The van der Waals surface area contributed by atoms with Crippen LogP contribution in [-0.4, -0.2) is 34.4 Å². The van der Waals surface area contributed by atoms with Crippen molar-refractivity contribution < 1.29 is 9.59 Å². The van der Waals surface area contributed by atoms with Crippen molar-refractivity contribution in [1.29, 1.82) is 0 Å². The van der Waals surface area contributed by atoms with E-state index in [1.54, 1.807) is 18.2 Å². The number of halogens is 2. The zero-order chi connectivity index (χ0) is 22.1. The van der Waals surface area contributed by atoms with Crippen LogP contribution in [0.4, 0.5) is 17.5 Å². The average molecular weight is 464 g/mol. The summed E-state index contributed by atoms with van der Waals surface area (Å²) in [5.41, 5.74) is 0.0219. The van der Waals surface area contributed by atoms with Gasteiger partial charge in [0.25, 0.3) is 5.56 Å². The molecule has 0 aliphatic carbocycles. The van der Waals surface area contributed by atoms with E-state index < -0.39 is 17.4 Å². The summed E-state index contributed by atoms with van der Waals surface area (Å²) in [7, 11) is 0. The summed E-state index contributed by atoms with van der Waals surface area (Å²) < 4.78 is 0. The Hall–Kier alpha value is -2.58. The second-order valence-electron chi connectivity index (χ2n) is 7.80. The Balaban J connectivity index is 1.67. The lowest BCUT2D eigenvalue weighted by Crippen LogP contribution is -2.43. The van der Waals surface area contributed by atoms with Crippen LogP contribution in [0.1, 0.15) is 50.5 Å². The quantitative estimate of drug-likeness (QED) is 0.636. The summed E-state index contributed by atoms with van der Waals surface area (Å²) in [6.07, 6.45) is 3.93. The number of aromatic amines is 1. The lowest BCUT2D eigenvalue weighted by Gasteiger charge is -2.36. The molecule has 31 heavy (non-hydrogen) atoms. The van der Waals surface area contributed by atoms with E-state index in [-0.39, 0.29) is 39.8 Å². The fraction of sp³-hybridized carbons (Fsp3) is 0.429. The molecule has 2 aliphatic heterocycles. The van der Waals surface area contributed by atoms with Crippen molar-refractivity contribution in [3.63, 3.8) is 0 Å². The highest BCUT2D eigenvalue weighted by molar-refractivity contribution is 6.44. The molecular weight excluding hydrogens is 441 g/mol. The van der Waals surface area contributed by atoms with Crippen molar-refractivity contribution in [2.45, 2.75) is 51.0 Å². The van der Waals surface area contributed by atoms with Crippen LogP contribution in [0.15, 0.2) is 23.0 Å². The molecule has 2 aliphatic rings. The molecule has 10 heteroatoms. The summed E-state index contributed by atoms with van der Waals surface area (Å²) in [5, 5.41) is 5.82. The van der Waals surface area contributed by atoms with Gasteiger partial charge in [-0.2, -0.15) is 4.98 Å². The van der Waals surface area contributed by atoms with Crippen molar-refractivity contribution in [1.82, 2.24) is 9.97 Å². The number of rotatable bonds is 4. The molecule has 0 unspecified atom stereocenters. The summed E-state index contributed by atoms with van der Waals surface area (Å²) in [5.74, 6) is -1.33. The van der Waals surface area contributed by atoms with E-state index in [1.807, 2.05) is 0 Å². The molecule has 3 N–H and O–H groups in total. The minimum Gasteiger partial charge on any atom is -0.339 e. The Bertz CT molecular complexity index is 1090. The Labute approximate surface area is 189 Å². The van der Waals surface area contributed by atoms with Gasteiger partial charge in [0.15, 0.2) is 0 Å². The van der Waals surface area contributed by atoms with Crippen LogP contribution >= 0.6 is 23.2 Å². The third-order valence-electron chi connectivity index (χ3n) is 5.83. The molecule has 1 aromatic heterocycles. The van der Waals surface area contributed by atoms with Crippen molar-refractivity contribution in [2.75, 3.05) is 22.1 Å². The van der Waals surface area contributed by atoms with E-state index in [1.165, 1.54) is 0 Å². The number of H-pyrrole nitrogens is 1. The number of carbonyl (C=O) groups is 2. The predicted molar refractivity (Wildman–Crippen MR) is 121 cm³/mol. The van der Waals surface area contributed by atoms with Crippen molar-refractivity contribution in [3.05, 3.63) is 44.2 Å². The molecule has 1 aromatic carbocycles. The first-order chi connectivity index (χ1) is 14.9. The monoisotopic (exact) mass is 463 g/mol. The Morgan fingerprint density at radius 2 is 2.10 bits per heavy atom. The molecule has 4 rings (SSSR count). The van der Waals surface area contributed by atoms with Gasteiger partial charge < -0.3 is 15.5 Å². The molecule has 2 atom stereocenters. The Morgan fingerprint density at radius 3 is 2.87 bits per heavy atom. The number of anilines is 3. The normalized spacial score (nSPS) is 20.7. The number of nitrogens with one attached hydrogen (secondary N) is 3. The smallest absolute Gasteiger partial charge is 0.258 e. The number of amides is 2. The average Bonchev–Trinajstić information content (AvgIpc) is 2.75. The SMILES string of the molecule is CC[C@H]1CCCCN1c1nc2c(c(=O)[nH]1)[C@H](C(=O)Nc1cccc(Cl)c1Cl)CC(=O)N2. The van der Waals surface area contributed by atoms with Gasteiger partial charge in [-0.25, -0.2) is 0 Å². The molecule has 0 radical (unpaired) electrons. The van der Waals surface area contributed by atoms with Gasteiger partial charge in [-0.05, 0) is 37.8 Å². The van der Waals surface area contributed by atoms with E-state index >= 15 is 0 Å². The van der Waals surface area contributed by atoms with E-state index in [0.29, 0.717) is 11.6 Å². The van der Waals surface area contributed by atoms with Gasteiger partial charge in [0.05, 0.1) is 27.2 Å². The van der Waals surface area contributed by atoms with Crippen LogP contribution in [0.5, 0.6) is 0 Å². The van der Waals surface area contributed by atoms with Crippen molar-refractivity contribution >= 4 is 52.5 Å². The van der Waals surface area contributed by atoms with Crippen LogP contribution in [-0.2, 0) is 9.59 Å². The first-order valence-electron chi connectivity index (χ1n) is 10.3. The van der Waals surface area contributed by atoms with Gasteiger partial charge in [-0.1, -0.05) is 36.2 Å². The molecule has 1 fully saturated rings. The van der Waals surface area contributed by atoms with Crippen LogP contribution in [0.3, 0.4) is 0 Å². The van der Waals surface area contributed by atoms with Crippen molar-refractivity contribution in [2.24, 2.45) is 0 Å². The largest absolute Gasteiger partial charge is 0.339 e. The number of fused-ring (bicyclic) bond motifs is 1. The molecule has 2 aromatic rings. The van der Waals surface area contributed by atoms with Crippen LogP contribution in [0.25, 0.3) is 0 Å². The standard InChI is InChI=1S/C21H23Cl2N5O3/c1-2-11-6-3-4-9-28(11)21-26-18-16(20(31)27-21)12(10-15(29)25-18)19(30)24-14-8-5-7-13(22)17(14)23/h5,7-8,11-12H,2-4,6,9-10H2,1H3,(H,24,30)(H2,25,26,27,29,31)/t11-,12+/m0/s1. The van der Waals surface area contributed by atoms with Gasteiger partial charge in [0.2, 0.25) is 17.8 Å². The van der Waals surface area contributed by atoms with Crippen LogP contribution in [0, 0.1) is 0 Å². The van der Waals surface area contributed by atoms with Crippen LogP contribution < -0.4 is 21.1 Å². The zero-order valence-corrected chi connectivity index (χ0v) is 18.5. The number of hydrogen-bond donors (Lipinski definition) is 3. The third-order valence-corrected chi connectivity index (χ3v) is 6.65. The highest BCUT2D eigenvalue weighted by atomic mass is 35.5. The van der Waals surface area contributed by atoms with E-state index in [9.17, 15) is 14.4 Å². The lowest BCUT2D eigenvalue weighted by molar-refractivity contribution is -0.123. The summed E-state index contributed by atoms with van der Waals surface area (Å²) in [6, 6.07) is 5.12. The minimum absolute atomic E-state index is 0.132. The molecule has 1 saturated heterocycles. The highest BCUT2D eigenvalue weighted by Gasteiger charge is 2.36. The molecule has 3 heterocycles. The maximum atomic E-state index is 13.0. The van der Waals surface area contributed by atoms with Gasteiger partial charge in [-0.15, -0.1) is 0 Å². The van der Waals surface area contributed by atoms with E-state index in [0.717, 1.165) is 32.2 Å². The summed E-state index contributed by atoms with van der Waals surface area (Å²) in [4.78, 5) is 47.8. The van der Waals surface area contributed by atoms with Gasteiger partial charge in [0.1, 0.15) is 5.82 Å². The van der Waals surface area contributed by atoms with Gasteiger partial charge in [0, 0.05) is 19.0 Å². The molecule has 0 spiro atoms. The molecule has 0 bridgehead atoms. The first kappa shape index (κ1) is 21.6. The Morgan fingerprint density at radius 1 is 1.29 bits per heavy atom. The summed E-state index contributed by atoms with van der Waals surface area (Å²) in [6.45, 7) is 2.88. The maximum Gasteiger partial charge on any atom is 0.258 e. The van der Waals surface area contributed by atoms with Gasteiger partial charge >= 0.3 is 0 Å². The minimum atomic E-state index is -0.993. The molecular formula is C21H23Cl2N5O3. The fourth-order valence-corrected chi connectivity index (χ4v) is 4.59. The number of benzene rings is 1. The maximum absolute atomic E-state index is 13.0. The molecule has 2 amide bonds. The van der Waals surface area contributed by atoms with Crippen molar-refractivity contribution in [3.8, 4) is 0 Å². The number of hydrogen-bond acceptors (Lipinski definition) is 5. The number of piperidine rings is 1. The summed E-state index contributed by atoms with van der Waals surface area (Å²) >= 11 is 12.2. The molecule has 164 valence electrons. The topological polar surface area (TPSA) is 107 Å². The van der Waals surface area contributed by atoms with E-state index in [2.05, 4.69) is 32.4 Å². The number of aromatic nitrogens is 2. The molecule has 0 saturated carbocycles. The third kappa shape index (κ3) is 4.27. The second-order valence-corrected chi connectivity index (χ2v) is 8.58. The highest BCUT2D eigenvalue weighted by Crippen LogP contribution is 2.34. The van der Waals surface area contributed by atoms with E-state index in [4.69, 9.17) is 23.2 Å². The number of nitrogens with zero attached hydrogens (tertiary/aromatic N) is 2. The Kier molecular flexibility index (Phi) is 6.20. The zero-order valence-electron chi connectivity index (χ0n) is 17.0.